The van der Waals surface area contributed by atoms with E-state index in [0.29, 0.717) is 30.0 Å². The summed E-state index contributed by atoms with van der Waals surface area (Å²) in [4.78, 5) is 18.1. The van der Waals surface area contributed by atoms with Crippen LogP contribution in [0.2, 0.25) is 0 Å². The van der Waals surface area contributed by atoms with Crippen molar-refractivity contribution in [3.05, 3.63) is 41.5 Å². The normalized spacial score (nSPS) is 11.0. The monoisotopic (exact) mass is 370 g/mol. The number of H-pyrrole nitrogens is 1. The molecule has 0 saturated heterocycles. The van der Waals surface area contributed by atoms with E-state index in [1.165, 1.54) is 4.90 Å². The van der Waals surface area contributed by atoms with Gasteiger partial charge in [0.2, 0.25) is 11.7 Å². The van der Waals surface area contributed by atoms with Gasteiger partial charge in [-0.15, -0.1) is 10.2 Å². The summed E-state index contributed by atoms with van der Waals surface area (Å²) in [7, 11) is 1.68. The molecule has 142 valence electrons. The molecular weight excluding hydrogens is 348 g/mol. The van der Waals surface area contributed by atoms with Gasteiger partial charge in [-0.1, -0.05) is 37.2 Å². The largest absolute Gasteiger partial charge is 0.337 e. The average molecular weight is 370 g/mol. The van der Waals surface area contributed by atoms with Crippen LogP contribution in [0.1, 0.15) is 31.1 Å². The van der Waals surface area contributed by atoms with E-state index >= 15 is 0 Å². The summed E-state index contributed by atoms with van der Waals surface area (Å²) in [6, 6.07) is 7.35. The Labute approximate surface area is 156 Å². The molecule has 10 nitrogen and oxygen atoms in total. The topological polar surface area (TPSA) is 126 Å². The Morgan fingerprint density at radius 2 is 2.22 bits per heavy atom. The smallest absolute Gasteiger partial charge is 0.317 e. The second kappa shape index (κ2) is 8.39. The lowest BCUT2D eigenvalue weighted by Crippen LogP contribution is -2.36. The van der Waals surface area contributed by atoms with E-state index in [1.54, 1.807) is 7.05 Å². The quantitative estimate of drug-likeness (QED) is 0.649. The summed E-state index contributed by atoms with van der Waals surface area (Å²) in [6.07, 6.45) is 0.746. The van der Waals surface area contributed by atoms with Crippen molar-refractivity contribution in [1.82, 2.24) is 41.0 Å². The maximum absolute atomic E-state index is 12.3. The third-order valence-corrected chi connectivity index (χ3v) is 3.79. The summed E-state index contributed by atoms with van der Waals surface area (Å²) in [6.45, 7) is 4.80. The highest BCUT2D eigenvalue weighted by molar-refractivity contribution is 5.73. The van der Waals surface area contributed by atoms with Crippen LogP contribution in [0.25, 0.3) is 11.4 Å². The summed E-state index contributed by atoms with van der Waals surface area (Å²) >= 11 is 0. The van der Waals surface area contributed by atoms with Crippen molar-refractivity contribution in [2.75, 3.05) is 7.05 Å². The number of nitrogens with zero attached hydrogens (tertiary/aromatic N) is 6. The van der Waals surface area contributed by atoms with Crippen LogP contribution in [0, 0.1) is 5.92 Å². The molecule has 0 aliphatic rings. The van der Waals surface area contributed by atoms with Crippen molar-refractivity contribution in [1.29, 1.82) is 0 Å². The Morgan fingerprint density at radius 3 is 2.96 bits per heavy atom. The highest BCUT2D eigenvalue weighted by atomic mass is 16.5. The van der Waals surface area contributed by atoms with Gasteiger partial charge < -0.3 is 14.7 Å². The minimum atomic E-state index is -0.233. The van der Waals surface area contributed by atoms with Gasteiger partial charge in [0.25, 0.3) is 0 Å². The van der Waals surface area contributed by atoms with Gasteiger partial charge >= 0.3 is 6.03 Å². The van der Waals surface area contributed by atoms with E-state index in [-0.39, 0.29) is 12.6 Å². The molecule has 0 unspecified atom stereocenters. The predicted molar refractivity (Wildman–Crippen MR) is 96.2 cm³/mol. The van der Waals surface area contributed by atoms with E-state index in [9.17, 15) is 4.79 Å². The SMILES string of the molecule is CC(C)Cc1noc(CN(C)C(=O)NCc2cccc(-c3nn[nH]n3)c2)n1. The summed E-state index contributed by atoms with van der Waals surface area (Å²) in [5, 5.41) is 20.7. The number of carbonyl (C=O) groups excluding carboxylic acids is 1. The van der Waals surface area contributed by atoms with Gasteiger partial charge in [-0.05, 0) is 22.8 Å². The predicted octanol–water partition coefficient (Wildman–Crippen LogP) is 1.79. The number of aromatic amines is 1. The third kappa shape index (κ3) is 5.09. The number of benzene rings is 1. The molecule has 0 fully saturated rings. The lowest BCUT2D eigenvalue weighted by molar-refractivity contribution is 0.199. The summed E-state index contributed by atoms with van der Waals surface area (Å²) in [5.74, 6) is 2.03. The first-order valence-electron chi connectivity index (χ1n) is 8.64. The van der Waals surface area contributed by atoms with Crippen molar-refractivity contribution in [3.63, 3.8) is 0 Å². The third-order valence-electron chi connectivity index (χ3n) is 3.79. The summed E-state index contributed by atoms with van der Waals surface area (Å²) < 4.78 is 5.20. The lowest BCUT2D eigenvalue weighted by Gasteiger charge is -2.16. The molecule has 0 aliphatic heterocycles. The van der Waals surface area contributed by atoms with Gasteiger partial charge in [0, 0.05) is 25.6 Å². The van der Waals surface area contributed by atoms with Crippen LogP contribution in [0.5, 0.6) is 0 Å². The second-order valence-electron chi connectivity index (χ2n) is 6.65. The maximum Gasteiger partial charge on any atom is 0.317 e. The molecule has 2 N–H and O–H groups in total. The van der Waals surface area contributed by atoms with Crippen molar-refractivity contribution >= 4 is 6.03 Å². The number of carbonyl (C=O) groups is 1. The van der Waals surface area contributed by atoms with Gasteiger partial charge in [0.15, 0.2) is 5.82 Å². The van der Waals surface area contributed by atoms with Crippen LogP contribution in [0.15, 0.2) is 28.8 Å². The zero-order valence-corrected chi connectivity index (χ0v) is 15.5. The lowest BCUT2D eigenvalue weighted by atomic mass is 10.1. The van der Waals surface area contributed by atoms with E-state index in [1.807, 2.05) is 24.3 Å². The van der Waals surface area contributed by atoms with Gasteiger partial charge in [0.1, 0.15) is 6.54 Å². The fourth-order valence-electron chi connectivity index (χ4n) is 2.49. The molecular formula is C17H22N8O2. The molecule has 3 rings (SSSR count). The van der Waals surface area contributed by atoms with E-state index in [4.69, 9.17) is 4.52 Å². The Balaban J connectivity index is 1.53. The van der Waals surface area contributed by atoms with Crippen molar-refractivity contribution in [3.8, 4) is 11.4 Å². The highest BCUT2D eigenvalue weighted by Crippen LogP contribution is 2.15. The van der Waals surface area contributed by atoms with Crippen LogP contribution in [0.4, 0.5) is 4.79 Å². The van der Waals surface area contributed by atoms with E-state index in [2.05, 4.69) is 49.9 Å². The second-order valence-corrected chi connectivity index (χ2v) is 6.65. The van der Waals surface area contributed by atoms with Crippen LogP contribution < -0.4 is 5.32 Å². The summed E-state index contributed by atoms with van der Waals surface area (Å²) in [5.41, 5.74) is 1.75. The zero-order valence-electron chi connectivity index (χ0n) is 15.5. The first-order chi connectivity index (χ1) is 13.0. The first kappa shape index (κ1) is 18.5. The number of amides is 2. The molecule has 0 saturated carbocycles. The van der Waals surface area contributed by atoms with E-state index < -0.39 is 0 Å². The molecule has 0 atom stereocenters. The molecule has 27 heavy (non-hydrogen) atoms. The number of nitrogens with one attached hydrogen (secondary N) is 2. The number of hydrogen-bond acceptors (Lipinski definition) is 7. The van der Waals surface area contributed by atoms with Crippen molar-refractivity contribution < 1.29 is 9.32 Å². The van der Waals surface area contributed by atoms with Crippen LogP contribution in [-0.4, -0.2) is 48.7 Å². The number of hydrogen-bond donors (Lipinski definition) is 2. The van der Waals surface area contributed by atoms with E-state index in [0.717, 1.165) is 17.5 Å². The highest BCUT2D eigenvalue weighted by Gasteiger charge is 2.14. The Bertz CT molecular complexity index is 875. The Kier molecular flexibility index (Phi) is 5.74. The Hall–Kier alpha value is -3.30. The molecule has 10 heteroatoms. The van der Waals surface area contributed by atoms with Gasteiger partial charge in [-0.3, -0.25) is 0 Å². The molecule has 0 radical (unpaired) electrons. The van der Waals surface area contributed by atoms with Crippen LogP contribution >= 0.6 is 0 Å². The average Bonchev–Trinajstić information content (AvgIpc) is 3.31. The van der Waals surface area contributed by atoms with Crippen molar-refractivity contribution in [2.24, 2.45) is 5.92 Å². The maximum atomic E-state index is 12.3. The first-order valence-corrected chi connectivity index (χ1v) is 8.64. The molecule has 2 heterocycles. The molecule has 3 aromatic rings. The fraction of sp³-hybridized carbons (Fsp3) is 0.412. The fourth-order valence-corrected chi connectivity index (χ4v) is 2.49. The number of urea groups is 1. The minimum absolute atomic E-state index is 0.233. The molecule has 0 bridgehead atoms. The van der Waals surface area contributed by atoms with Gasteiger partial charge in [0.05, 0.1) is 0 Å². The number of tetrazole rings is 1. The van der Waals surface area contributed by atoms with Crippen molar-refractivity contribution in [2.45, 2.75) is 33.4 Å². The molecule has 2 aromatic heterocycles. The van der Waals surface area contributed by atoms with Gasteiger partial charge in [-0.25, -0.2) is 4.79 Å². The van der Waals surface area contributed by atoms with Gasteiger partial charge in [-0.2, -0.15) is 10.2 Å². The molecule has 2 amide bonds. The standard InChI is InChI=1S/C17H22N8O2/c1-11(2)7-14-19-15(27-22-14)10-25(3)17(26)18-9-12-5-4-6-13(8-12)16-20-23-24-21-16/h4-6,8,11H,7,9-10H2,1-3H3,(H,18,26)(H,20,21,23,24). The molecule has 1 aromatic carbocycles. The zero-order chi connectivity index (χ0) is 19.2. The Morgan fingerprint density at radius 1 is 1.37 bits per heavy atom. The van der Waals surface area contributed by atoms with Crippen LogP contribution in [-0.2, 0) is 19.5 Å². The number of rotatable bonds is 7. The van der Waals surface area contributed by atoms with Crippen LogP contribution in [0.3, 0.4) is 0 Å². The number of aromatic nitrogens is 6. The molecule has 0 spiro atoms. The molecule has 0 aliphatic carbocycles. The minimum Gasteiger partial charge on any atom is -0.337 e.